The smallest absolute Gasteiger partial charge is 0.128 e. The number of benzene rings is 1. The Hall–Kier alpha value is -2.11. The molecule has 0 spiro atoms. The highest BCUT2D eigenvalue weighted by Crippen LogP contribution is 2.22. The number of hydrogen-bond donors (Lipinski definition) is 1. The van der Waals surface area contributed by atoms with Crippen molar-refractivity contribution in [3.8, 4) is 5.75 Å². The van der Waals surface area contributed by atoms with Crippen LogP contribution in [0.1, 0.15) is 11.1 Å². The highest BCUT2D eigenvalue weighted by Gasteiger charge is 2.20. The van der Waals surface area contributed by atoms with Crippen molar-refractivity contribution in [2.75, 3.05) is 44.2 Å². The Morgan fingerprint density at radius 2 is 1.76 bits per heavy atom. The third kappa shape index (κ3) is 4.71. The number of ether oxygens (including phenoxy) is 1. The third-order valence-electron chi connectivity index (χ3n) is 4.64. The molecule has 1 fully saturated rings. The molecular formula is C20H27N3O2. The zero-order chi connectivity index (χ0) is 17.6. The molecule has 3 rings (SSSR count). The van der Waals surface area contributed by atoms with Crippen molar-refractivity contribution in [2.45, 2.75) is 20.0 Å². The minimum atomic E-state index is -0.486. The predicted octanol–water partition coefficient (Wildman–Crippen LogP) is 2.26. The van der Waals surface area contributed by atoms with Gasteiger partial charge in [-0.15, -0.1) is 0 Å². The van der Waals surface area contributed by atoms with E-state index in [9.17, 15) is 5.11 Å². The second-order valence-electron chi connectivity index (χ2n) is 6.66. The van der Waals surface area contributed by atoms with Crippen molar-refractivity contribution in [2.24, 2.45) is 0 Å². The normalized spacial score (nSPS) is 16.7. The molecule has 1 saturated heterocycles. The van der Waals surface area contributed by atoms with Crippen molar-refractivity contribution < 1.29 is 9.84 Å². The van der Waals surface area contributed by atoms with E-state index in [2.05, 4.69) is 14.8 Å². The molecule has 5 heteroatoms. The maximum Gasteiger partial charge on any atom is 0.128 e. The monoisotopic (exact) mass is 341 g/mol. The fourth-order valence-electron chi connectivity index (χ4n) is 3.26. The summed E-state index contributed by atoms with van der Waals surface area (Å²) in [5, 5.41) is 10.3. The molecule has 0 radical (unpaired) electrons. The molecule has 0 saturated carbocycles. The maximum absolute atomic E-state index is 10.3. The van der Waals surface area contributed by atoms with Gasteiger partial charge in [-0.05, 0) is 37.1 Å². The van der Waals surface area contributed by atoms with Crippen LogP contribution in [0.2, 0.25) is 0 Å². The minimum absolute atomic E-state index is 0.326. The van der Waals surface area contributed by atoms with Crippen LogP contribution in [0.25, 0.3) is 0 Å². The highest BCUT2D eigenvalue weighted by molar-refractivity contribution is 5.40. The lowest BCUT2D eigenvalue weighted by atomic mass is 10.1. The number of para-hydroxylation sites is 1. The van der Waals surface area contributed by atoms with Gasteiger partial charge in [-0.25, -0.2) is 4.98 Å². The van der Waals surface area contributed by atoms with Crippen LogP contribution in [-0.4, -0.2) is 60.4 Å². The molecule has 1 aromatic heterocycles. The average Bonchev–Trinajstić information content (AvgIpc) is 2.63. The fourth-order valence-corrected chi connectivity index (χ4v) is 3.26. The fraction of sp³-hybridized carbons (Fsp3) is 0.450. The Morgan fingerprint density at radius 1 is 1.04 bits per heavy atom. The average molecular weight is 341 g/mol. The number of aliphatic hydroxyl groups excluding tert-OH is 1. The predicted molar refractivity (Wildman–Crippen MR) is 100 cm³/mol. The van der Waals surface area contributed by atoms with Crippen molar-refractivity contribution >= 4 is 5.82 Å². The highest BCUT2D eigenvalue weighted by atomic mass is 16.5. The molecule has 1 N–H and O–H groups in total. The van der Waals surface area contributed by atoms with Gasteiger partial charge in [-0.3, -0.25) is 4.90 Å². The Balaban J connectivity index is 1.44. The van der Waals surface area contributed by atoms with Gasteiger partial charge >= 0.3 is 0 Å². The summed E-state index contributed by atoms with van der Waals surface area (Å²) < 4.78 is 5.86. The number of piperazine rings is 1. The lowest BCUT2D eigenvalue weighted by Gasteiger charge is -2.36. The van der Waals surface area contributed by atoms with E-state index in [1.807, 2.05) is 56.4 Å². The number of rotatable bonds is 6. The summed E-state index contributed by atoms with van der Waals surface area (Å²) in [4.78, 5) is 8.98. The molecule has 2 heterocycles. The molecule has 1 aliphatic rings. The number of aromatic nitrogens is 1. The van der Waals surface area contributed by atoms with Gasteiger partial charge < -0.3 is 14.7 Å². The van der Waals surface area contributed by atoms with Crippen LogP contribution in [0, 0.1) is 13.8 Å². The number of aliphatic hydroxyl groups is 1. The first kappa shape index (κ1) is 17.7. The molecule has 134 valence electrons. The van der Waals surface area contributed by atoms with Crippen LogP contribution in [0.15, 0.2) is 42.6 Å². The van der Waals surface area contributed by atoms with Crippen molar-refractivity contribution in [3.05, 3.63) is 53.7 Å². The van der Waals surface area contributed by atoms with Crippen molar-refractivity contribution in [3.63, 3.8) is 0 Å². The number of hydrogen-bond acceptors (Lipinski definition) is 5. The summed E-state index contributed by atoms with van der Waals surface area (Å²) in [5.74, 6) is 1.92. The molecule has 5 nitrogen and oxygen atoms in total. The molecule has 1 aromatic carbocycles. The Kier molecular flexibility index (Phi) is 5.89. The topological polar surface area (TPSA) is 48.8 Å². The van der Waals surface area contributed by atoms with E-state index in [0.717, 1.165) is 48.9 Å². The van der Waals surface area contributed by atoms with E-state index in [1.54, 1.807) is 0 Å². The molecular weight excluding hydrogens is 314 g/mol. The van der Waals surface area contributed by atoms with E-state index >= 15 is 0 Å². The number of anilines is 1. The number of pyridine rings is 1. The number of aryl methyl sites for hydroxylation is 2. The van der Waals surface area contributed by atoms with Crippen LogP contribution in [0.5, 0.6) is 5.75 Å². The van der Waals surface area contributed by atoms with E-state index in [1.165, 1.54) is 0 Å². The maximum atomic E-state index is 10.3. The standard InChI is InChI=1S/C20H27N3O2/c1-16-6-5-7-17(2)20(16)25-15-18(24)14-22-10-12-23(13-11-22)19-8-3-4-9-21-19/h3-9,18,24H,10-15H2,1-2H3/t18-/m0/s1. The first-order chi connectivity index (χ1) is 12.1. The second kappa shape index (κ2) is 8.32. The van der Waals surface area contributed by atoms with Gasteiger partial charge in [-0.1, -0.05) is 24.3 Å². The minimum Gasteiger partial charge on any atom is -0.490 e. The van der Waals surface area contributed by atoms with Gasteiger partial charge in [0.1, 0.15) is 24.3 Å². The molecule has 25 heavy (non-hydrogen) atoms. The first-order valence-electron chi connectivity index (χ1n) is 8.89. The Bertz CT molecular complexity index is 650. The molecule has 1 atom stereocenters. The van der Waals surface area contributed by atoms with E-state index < -0.39 is 6.10 Å². The molecule has 0 amide bonds. The van der Waals surface area contributed by atoms with E-state index in [-0.39, 0.29) is 0 Å². The lowest BCUT2D eigenvalue weighted by Crippen LogP contribution is -2.49. The van der Waals surface area contributed by atoms with Crippen LogP contribution in [0.3, 0.4) is 0 Å². The summed E-state index contributed by atoms with van der Waals surface area (Å²) in [6.45, 7) is 8.75. The molecule has 0 aliphatic carbocycles. The van der Waals surface area contributed by atoms with Crippen molar-refractivity contribution in [1.82, 2.24) is 9.88 Å². The van der Waals surface area contributed by atoms with E-state index in [4.69, 9.17) is 4.74 Å². The number of nitrogens with zero attached hydrogens (tertiary/aromatic N) is 3. The Labute approximate surface area is 149 Å². The van der Waals surface area contributed by atoms with Crippen LogP contribution >= 0.6 is 0 Å². The molecule has 1 aliphatic heterocycles. The zero-order valence-electron chi connectivity index (χ0n) is 15.1. The summed E-state index contributed by atoms with van der Waals surface area (Å²) >= 11 is 0. The largest absolute Gasteiger partial charge is 0.490 e. The Morgan fingerprint density at radius 3 is 2.40 bits per heavy atom. The van der Waals surface area contributed by atoms with Gasteiger partial charge in [-0.2, -0.15) is 0 Å². The summed E-state index contributed by atoms with van der Waals surface area (Å²) in [6, 6.07) is 12.1. The van der Waals surface area contributed by atoms with E-state index in [0.29, 0.717) is 13.2 Å². The first-order valence-corrected chi connectivity index (χ1v) is 8.89. The van der Waals surface area contributed by atoms with Gasteiger partial charge in [0.15, 0.2) is 0 Å². The zero-order valence-corrected chi connectivity index (χ0v) is 15.1. The SMILES string of the molecule is Cc1cccc(C)c1OC[C@@H](O)CN1CCN(c2ccccn2)CC1. The van der Waals surface area contributed by atoms with Crippen molar-refractivity contribution in [1.29, 1.82) is 0 Å². The van der Waals surface area contributed by atoms with Crippen LogP contribution in [-0.2, 0) is 0 Å². The van der Waals surface area contributed by atoms with Crippen LogP contribution < -0.4 is 9.64 Å². The third-order valence-corrected chi connectivity index (χ3v) is 4.64. The second-order valence-corrected chi connectivity index (χ2v) is 6.66. The van der Waals surface area contributed by atoms with Gasteiger partial charge in [0.2, 0.25) is 0 Å². The summed E-state index contributed by atoms with van der Waals surface area (Å²) in [6.07, 6.45) is 1.34. The molecule has 0 bridgehead atoms. The quantitative estimate of drug-likeness (QED) is 0.873. The number of β-amino-alcohol motifs (C(OH)–C–C–N with tert-alkyl or cyclic N) is 1. The molecule has 2 aromatic rings. The molecule has 0 unspecified atom stereocenters. The lowest BCUT2D eigenvalue weighted by molar-refractivity contribution is 0.0658. The summed E-state index contributed by atoms with van der Waals surface area (Å²) in [7, 11) is 0. The van der Waals surface area contributed by atoms with Gasteiger partial charge in [0, 0.05) is 38.9 Å². The summed E-state index contributed by atoms with van der Waals surface area (Å²) in [5.41, 5.74) is 2.22. The van der Waals surface area contributed by atoms with Gasteiger partial charge in [0.25, 0.3) is 0 Å². The van der Waals surface area contributed by atoms with Gasteiger partial charge in [0.05, 0.1) is 0 Å². The van der Waals surface area contributed by atoms with Crippen LogP contribution in [0.4, 0.5) is 5.82 Å².